The van der Waals surface area contributed by atoms with Crippen LogP contribution in [0.25, 0.3) is 0 Å². The summed E-state index contributed by atoms with van der Waals surface area (Å²) in [4.78, 5) is 26.0. The molecule has 0 saturated heterocycles. The van der Waals surface area contributed by atoms with Gasteiger partial charge in [0.15, 0.2) is 0 Å². The van der Waals surface area contributed by atoms with Gasteiger partial charge in [0.2, 0.25) is 11.8 Å². The number of ether oxygens (including phenoxy) is 3. The lowest BCUT2D eigenvalue weighted by Gasteiger charge is -2.18. The smallest absolute Gasteiger partial charge is 0.362 e. The molecule has 0 atom stereocenters. The molecule has 140 valence electrons. The predicted octanol–water partition coefficient (Wildman–Crippen LogP) is 3.35. The first-order chi connectivity index (χ1) is 12.5. The van der Waals surface area contributed by atoms with Gasteiger partial charge in [-0.05, 0) is 26.0 Å². The number of aromatic nitrogens is 2. The summed E-state index contributed by atoms with van der Waals surface area (Å²) in [7, 11) is 2.91. The van der Waals surface area contributed by atoms with Crippen molar-refractivity contribution >= 4 is 17.6 Å². The Morgan fingerprint density at radius 1 is 1.12 bits per heavy atom. The molecule has 2 rings (SSSR count). The molecule has 26 heavy (non-hydrogen) atoms. The zero-order valence-electron chi connectivity index (χ0n) is 15.0. The van der Waals surface area contributed by atoms with Gasteiger partial charge < -0.3 is 19.0 Å². The van der Waals surface area contributed by atoms with E-state index in [4.69, 9.17) is 30.6 Å². The number of hydrogen-bond donors (Lipinski definition) is 0. The van der Waals surface area contributed by atoms with Crippen LogP contribution in [0, 0.1) is 0 Å². The Labute approximate surface area is 156 Å². The lowest BCUT2D eigenvalue weighted by Crippen LogP contribution is -2.27. The van der Waals surface area contributed by atoms with E-state index in [9.17, 15) is 4.79 Å². The molecule has 0 aliphatic carbocycles. The van der Waals surface area contributed by atoms with Crippen LogP contribution in [0.5, 0.6) is 23.5 Å². The molecular formula is C17H20ClN3O5. The van der Waals surface area contributed by atoms with E-state index >= 15 is 0 Å². The maximum absolute atomic E-state index is 12.5. The molecule has 0 aliphatic heterocycles. The van der Waals surface area contributed by atoms with Crippen molar-refractivity contribution in [1.29, 1.82) is 0 Å². The van der Waals surface area contributed by atoms with Crippen molar-refractivity contribution in [3.8, 4) is 23.5 Å². The van der Waals surface area contributed by atoms with Gasteiger partial charge in [-0.2, -0.15) is 9.97 Å². The molecule has 0 radical (unpaired) electrons. The minimum atomic E-state index is -0.635. The van der Waals surface area contributed by atoms with Gasteiger partial charge in [-0.25, -0.2) is 4.79 Å². The van der Waals surface area contributed by atoms with E-state index < -0.39 is 5.97 Å². The van der Waals surface area contributed by atoms with Crippen molar-refractivity contribution in [3.63, 3.8) is 0 Å². The van der Waals surface area contributed by atoms with Gasteiger partial charge >= 0.3 is 12.0 Å². The second-order valence-electron chi connectivity index (χ2n) is 4.94. The quantitative estimate of drug-likeness (QED) is 0.644. The molecule has 1 aromatic heterocycles. The first-order valence-corrected chi connectivity index (χ1v) is 8.30. The second-order valence-corrected chi connectivity index (χ2v) is 5.35. The van der Waals surface area contributed by atoms with E-state index in [0.717, 1.165) is 0 Å². The summed E-state index contributed by atoms with van der Waals surface area (Å²) in [6.07, 6.45) is 0. The number of hydroxylamine groups is 2. The number of halogens is 1. The van der Waals surface area contributed by atoms with E-state index in [2.05, 4.69) is 9.97 Å². The van der Waals surface area contributed by atoms with Gasteiger partial charge in [0.25, 0.3) is 0 Å². The summed E-state index contributed by atoms with van der Waals surface area (Å²) in [5.41, 5.74) is 0.0754. The Morgan fingerprint density at radius 3 is 2.27 bits per heavy atom. The molecule has 0 spiro atoms. The highest BCUT2D eigenvalue weighted by Crippen LogP contribution is 2.31. The molecule has 0 N–H and O–H groups in total. The summed E-state index contributed by atoms with van der Waals surface area (Å²) in [5.74, 6) is 0.0245. The molecule has 1 aromatic carbocycles. The second kappa shape index (κ2) is 9.21. The standard InChI is InChI=1S/C17H20ClN3O5/c1-5-21(6-2)26-16(22)15-11(18)8-7-9-12(15)25-17-19-13(23-3)10-14(20-17)24-4/h7-10H,5-6H2,1-4H3. The molecule has 1 heterocycles. The number of rotatable bonds is 8. The number of hydrogen-bond acceptors (Lipinski definition) is 8. The van der Waals surface area contributed by atoms with Crippen LogP contribution in [0.3, 0.4) is 0 Å². The summed E-state index contributed by atoms with van der Waals surface area (Å²) in [5, 5.41) is 1.69. The van der Waals surface area contributed by atoms with Crippen molar-refractivity contribution in [1.82, 2.24) is 15.0 Å². The first kappa shape index (κ1) is 19.7. The summed E-state index contributed by atoms with van der Waals surface area (Å²) < 4.78 is 15.8. The van der Waals surface area contributed by atoms with Gasteiger partial charge in [0.05, 0.1) is 25.3 Å². The predicted molar refractivity (Wildman–Crippen MR) is 95.0 cm³/mol. The molecular weight excluding hydrogens is 362 g/mol. The average molecular weight is 382 g/mol. The van der Waals surface area contributed by atoms with E-state index in [-0.39, 0.29) is 34.1 Å². The van der Waals surface area contributed by atoms with Gasteiger partial charge in [0.1, 0.15) is 11.3 Å². The van der Waals surface area contributed by atoms with Crippen LogP contribution in [0.1, 0.15) is 24.2 Å². The lowest BCUT2D eigenvalue weighted by atomic mass is 10.2. The summed E-state index contributed by atoms with van der Waals surface area (Å²) >= 11 is 6.19. The first-order valence-electron chi connectivity index (χ1n) is 7.93. The lowest BCUT2D eigenvalue weighted by molar-refractivity contribution is -0.103. The van der Waals surface area contributed by atoms with Gasteiger partial charge in [-0.1, -0.05) is 17.7 Å². The number of methoxy groups -OCH3 is 2. The molecule has 0 amide bonds. The van der Waals surface area contributed by atoms with Gasteiger partial charge in [-0.3, -0.25) is 0 Å². The summed E-state index contributed by atoms with van der Waals surface area (Å²) in [6, 6.07) is 6.23. The Bertz CT molecular complexity index is 746. The maximum atomic E-state index is 12.5. The number of carbonyl (C=O) groups is 1. The Balaban J connectivity index is 2.36. The third-order valence-electron chi connectivity index (χ3n) is 3.38. The highest BCUT2D eigenvalue weighted by molar-refractivity contribution is 6.34. The molecule has 0 bridgehead atoms. The number of nitrogens with zero attached hydrogens (tertiary/aromatic N) is 3. The topological polar surface area (TPSA) is 83.0 Å². The fourth-order valence-electron chi connectivity index (χ4n) is 2.04. The number of benzene rings is 1. The van der Waals surface area contributed by atoms with Crippen molar-refractivity contribution < 1.29 is 23.8 Å². The van der Waals surface area contributed by atoms with Crippen LogP contribution >= 0.6 is 11.6 Å². The van der Waals surface area contributed by atoms with Crippen LogP contribution in [-0.4, -0.2) is 48.3 Å². The van der Waals surface area contributed by atoms with Crippen molar-refractivity contribution in [3.05, 3.63) is 34.9 Å². The van der Waals surface area contributed by atoms with Crippen LogP contribution < -0.4 is 14.2 Å². The van der Waals surface area contributed by atoms with E-state index in [1.807, 2.05) is 13.8 Å². The van der Waals surface area contributed by atoms with E-state index in [0.29, 0.717) is 13.1 Å². The van der Waals surface area contributed by atoms with Gasteiger partial charge in [0, 0.05) is 13.1 Å². The summed E-state index contributed by atoms with van der Waals surface area (Å²) in [6.45, 7) is 4.83. The highest BCUT2D eigenvalue weighted by Gasteiger charge is 2.22. The Hall–Kier alpha value is -2.58. The van der Waals surface area contributed by atoms with Crippen molar-refractivity contribution in [2.75, 3.05) is 27.3 Å². The highest BCUT2D eigenvalue weighted by atomic mass is 35.5. The monoisotopic (exact) mass is 381 g/mol. The third-order valence-corrected chi connectivity index (χ3v) is 3.69. The van der Waals surface area contributed by atoms with Crippen LogP contribution in [0.2, 0.25) is 5.02 Å². The largest absolute Gasteiger partial charge is 0.481 e. The maximum Gasteiger partial charge on any atom is 0.362 e. The number of carbonyl (C=O) groups excluding carboxylic acids is 1. The fourth-order valence-corrected chi connectivity index (χ4v) is 2.28. The molecule has 9 heteroatoms. The molecule has 0 saturated carbocycles. The van der Waals surface area contributed by atoms with Crippen LogP contribution in [0.4, 0.5) is 0 Å². The third kappa shape index (κ3) is 4.74. The van der Waals surface area contributed by atoms with Gasteiger partial charge in [-0.15, -0.1) is 5.06 Å². The molecule has 2 aromatic rings. The van der Waals surface area contributed by atoms with Crippen molar-refractivity contribution in [2.24, 2.45) is 0 Å². The fraction of sp³-hybridized carbons (Fsp3) is 0.353. The van der Waals surface area contributed by atoms with Crippen LogP contribution in [-0.2, 0) is 4.84 Å². The molecule has 8 nitrogen and oxygen atoms in total. The van der Waals surface area contributed by atoms with Crippen LogP contribution in [0.15, 0.2) is 24.3 Å². The van der Waals surface area contributed by atoms with Crippen molar-refractivity contribution in [2.45, 2.75) is 13.8 Å². The molecule has 0 unspecified atom stereocenters. The van der Waals surface area contributed by atoms with E-state index in [1.165, 1.54) is 25.3 Å². The SMILES string of the molecule is CCN(CC)OC(=O)c1c(Cl)cccc1Oc1nc(OC)cc(OC)n1. The Morgan fingerprint density at radius 2 is 1.73 bits per heavy atom. The zero-order chi connectivity index (χ0) is 19.1. The molecule has 0 fully saturated rings. The molecule has 0 aliphatic rings. The Kier molecular flexibility index (Phi) is 6.99. The minimum absolute atomic E-state index is 0.0552. The normalized spacial score (nSPS) is 10.5. The zero-order valence-corrected chi connectivity index (χ0v) is 15.7. The van der Waals surface area contributed by atoms with E-state index in [1.54, 1.807) is 18.2 Å². The average Bonchev–Trinajstić information content (AvgIpc) is 2.65. The minimum Gasteiger partial charge on any atom is -0.481 e.